The predicted molar refractivity (Wildman–Crippen MR) is 73.3 cm³/mol. The van der Waals surface area contributed by atoms with Crippen LogP contribution < -0.4 is 0 Å². The molecule has 1 saturated heterocycles. The summed E-state index contributed by atoms with van der Waals surface area (Å²) in [5, 5.41) is 0. The van der Waals surface area contributed by atoms with Gasteiger partial charge in [0.05, 0.1) is 6.10 Å². The fourth-order valence-corrected chi connectivity index (χ4v) is 2.72. The van der Waals surface area contributed by atoms with E-state index in [9.17, 15) is 0 Å². The fraction of sp³-hybridized carbons (Fsp3) is 1.00. The standard InChI is InChI=1S/C13H27NOS/c1-3-6-12(11-16)9-14(4-2)10-13-7-5-8-15-13/h12-13,16H,3-11H2,1-2H3. The zero-order valence-electron chi connectivity index (χ0n) is 10.8. The van der Waals surface area contributed by atoms with E-state index in [0.717, 1.165) is 31.4 Å². The van der Waals surface area contributed by atoms with Crippen molar-refractivity contribution in [3.63, 3.8) is 0 Å². The molecule has 2 nitrogen and oxygen atoms in total. The van der Waals surface area contributed by atoms with Crippen molar-refractivity contribution in [1.29, 1.82) is 0 Å². The van der Waals surface area contributed by atoms with E-state index in [1.807, 2.05) is 0 Å². The van der Waals surface area contributed by atoms with Gasteiger partial charge in [-0.05, 0) is 37.5 Å². The minimum absolute atomic E-state index is 0.488. The van der Waals surface area contributed by atoms with Crippen LogP contribution in [0.1, 0.15) is 39.5 Å². The summed E-state index contributed by atoms with van der Waals surface area (Å²) >= 11 is 4.45. The van der Waals surface area contributed by atoms with Crippen molar-refractivity contribution in [2.45, 2.75) is 45.6 Å². The Labute approximate surface area is 106 Å². The summed E-state index contributed by atoms with van der Waals surface area (Å²) in [4.78, 5) is 2.53. The van der Waals surface area contributed by atoms with E-state index >= 15 is 0 Å². The van der Waals surface area contributed by atoms with Gasteiger partial charge in [0.2, 0.25) is 0 Å². The van der Waals surface area contributed by atoms with Crippen LogP contribution in [0.15, 0.2) is 0 Å². The number of rotatable bonds is 8. The van der Waals surface area contributed by atoms with Crippen LogP contribution in [0.25, 0.3) is 0 Å². The van der Waals surface area contributed by atoms with Gasteiger partial charge in [0, 0.05) is 19.7 Å². The van der Waals surface area contributed by atoms with Crippen molar-refractivity contribution >= 4 is 12.6 Å². The lowest BCUT2D eigenvalue weighted by Gasteiger charge is -2.27. The second-order valence-corrected chi connectivity index (χ2v) is 5.19. The van der Waals surface area contributed by atoms with Crippen molar-refractivity contribution in [2.75, 3.05) is 32.0 Å². The molecule has 3 heteroatoms. The molecule has 1 aliphatic heterocycles. The summed E-state index contributed by atoms with van der Waals surface area (Å²) in [5.74, 6) is 1.75. The number of hydrogen-bond donors (Lipinski definition) is 1. The van der Waals surface area contributed by atoms with Crippen LogP contribution in [0, 0.1) is 5.92 Å². The first-order valence-corrected chi connectivity index (χ1v) is 7.38. The summed E-state index contributed by atoms with van der Waals surface area (Å²) in [6, 6.07) is 0. The van der Waals surface area contributed by atoms with E-state index in [-0.39, 0.29) is 0 Å². The SMILES string of the molecule is CCCC(CS)CN(CC)CC1CCCO1. The van der Waals surface area contributed by atoms with E-state index in [2.05, 4.69) is 31.4 Å². The fourth-order valence-electron chi connectivity index (χ4n) is 2.42. The van der Waals surface area contributed by atoms with Crippen LogP contribution in [0.4, 0.5) is 0 Å². The van der Waals surface area contributed by atoms with E-state index in [1.165, 1.54) is 32.2 Å². The molecule has 1 heterocycles. The highest BCUT2D eigenvalue weighted by atomic mass is 32.1. The van der Waals surface area contributed by atoms with Crippen molar-refractivity contribution in [1.82, 2.24) is 4.90 Å². The molecular weight excluding hydrogens is 218 g/mol. The van der Waals surface area contributed by atoms with Crippen molar-refractivity contribution < 1.29 is 4.74 Å². The molecule has 0 aromatic heterocycles. The van der Waals surface area contributed by atoms with E-state index in [4.69, 9.17) is 4.74 Å². The normalized spacial score (nSPS) is 22.9. The van der Waals surface area contributed by atoms with Crippen LogP contribution in [0.3, 0.4) is 0 Å². The highest BCUT2D eigenvalue weighted by molar-refractivity contribution is 7.80. The second-order valence-electron chi connectivity index (χ2n) is 4.82. The number of thiol groups is 1. The Kier molecular flexibility index (Phi) is 7.50. The van der Waals surface area contributed by atoms with Crippen LogP contribution in [-0.4, -0.2) is 43.0 Å². The third-order valence-electron chi connectivity index (χ3n) is 3.40. The summed E-state index contributed by atoms with van der Waals surface area (Å²) in [6.45, 7) is 8.91. The van der Waals surface area contributed by atoms with Gasteiger partial charge in [-0.25, -0.2) is 0 Å². The molecule has 0 spiro atoms. The second kappa shape index (κ2) is 8.37. The molecule has 0 aliphatic carbocycles. The topological polar surface area (TPSA) is 12.5 Å². The first-order chi connectivity index (χ1) is 7.80. The average molecular weight is 245 g/mol. The van der Waals surface area contributed by atoms with Gasteiger partial charge in [-0.3, -0.25) is 0 Å². The third-order valence-corrected chi connectivity index (χ3v) is 3.92. The third kappa shape index (κ3) is 5.07. The number of nitrogens with zero attached hydrogens (tertiary/aromatic N) is 1. The zero-order valence-corrected chi connectivity index (χ0v) is 11.7. The molecule has 1 fully saturated rings. The summed E-state index contributed by atoms with van der Waals surface area (Å²) in [5.41, 5.74) is 0. The van der Waals surface area contributed by atoms with Crippen molar-refractivity contribution in [3.05, 3.63) is 0 Å². The van der Waals surface area contributed by atoms with Crippen LogP contribution in [-0.2, 0) is 4.74 Å². The van der Waals surface area contributed by atoms with Gasteiger partial charge in [-0.15, -0.1) is 0 Å². The molecule has 0 N–H and O–H groups in total. The van der Waals surface area contributed by atoms with E-state index in [1.54, 1.807) is 0 Å². The van der Waals surface area contributed by atoms with Gasteiger partial charge in [-0.2, -0.15) is 12.6 Å². The highest BCUT2D eigenvalue weighted by Crippen LogP contribution is 2.16. The molecule has 0 saturated carbocycles. The predicted octanol–water partition coefficient (Wildman–Crippen LogP) is 2.83. The first-order valence-electron chi connectivity index (χ1n) is 6.74. The Morgan fingerprint density at radius 1 is 1.44 bits per heavy atom. The lowest BCUT2D eigenvalue weighted by Crippen LogP contribution is -2.36. The molecule has 0 aromatic rings. The van der Waals surface area contributed by atoms with Gasteiger partial charge < -0.3 is 9.64 Å². The van der Waals surface area contributed by atoms with Crippen molar-refractivity contribution in [2.24, 2.45) is 5.92 Å². The molecule has 1 rings (SSSR count). The maximum absolute atomic E-state index is 5.70. The Hall–Kier alpha value is 0.270. The highest BCUT2D eigenvalue weighted by Gasteiger charge is 2.19. The van der Waals surface area contributed by atoms with Crippen LogP contribution in [0.2, 0.25) is 0 Å². The van der Waals surface area contributed by atoms with E-state index < -0.39 is 0 Å². The Morgan fingerprint density at radius 2 is 2.25 bits per heavy atom. The number of ether oxygens (including phenoxy) is 1. The Bertz CT molecular complexity index is 171. The monoisotopic (exact) mass is 245 g/mol. The molecule has 0 amide bonds. The molecule has 0 bridgehead atoms. The van der Waals surface area contributed by atoms with Gasteiger partial charge >= 0.3 is 0 Å². The summed E-state index contributed by atoms with van der Waals surface area (Å²) < 4.78 is 5.70. The molecule has 96 valence electrons. The molecule has 2 unspecified atom stereocenters. The minimum Gasteiger partial charge on any atom is -0.377 e. The number of hydrogen-bond acceptors (Lipinski definition) is 3. The number of likely N-dealkylation sites (N-methyl/N-ethyl adjacent to an activating group) is 1. The van der Waals surface area contributed by atoms with Crippen LogP contribution >= 0.6 is 12.6 Å². The van der Waals surface area contributed by atoms with Crippen LogP contribution in [0.5, 0.6) is 0 Å². The lowest BCUT2D eigenvalue weighted by molar-refractivity contribution is 0.0701. The summed E-state index contributed by atoms with van der Waals surface area (Å²) in [7, 11) is 0. The molecule has 0 radical (unpaired) electrons. The van der Waals surface area contributed by atoms with Gasteiger partial charge in [0.1, 0.15) is 0 Å². The summed E-state index contributed by atoms with van der Waals surface area (Å²) in [6.07, 6.45) is 5.54. The van der Waals surface area contributed by atoms with Crippen molar-refractivity contribution in [3.8, 4) is 0 Å². The maximum atomic E-state index is 5.70. The first kappa shape index (κ1) is 14.3. The maximum Gasteiger partial charge on any atom is 0.0702 e. The Morgan fingerprint density at radius 3 is 2.75 bits per heavy atom. The molecule has 16 heavy (non-hydrogen) atoms. The van der Waals surface area contributed by atoms with E-state index in [0.29, 0.717) is 6.10 Å². The smallest absolute Gasteiger partial charge is 0.0702 e. The lowest BCUT2D eigenvalue weighted by atomic mass is 10.1. The zero-order chi connectivity index (χ0) is 11.8. The molecule has 0 aromatic carbocycles. The van der Waals surface area contributed by atoms with Gasteiger partial charge in [-0.1, -0.05) is 20.3 Å². The minimum atomic E-state index is 0.488. The Balaban J connectivity index is 2.28. The molecular formula is C13H27NOS. The molecule has 1 aliphatic rings. The molecule has 2 atom stereocenters. The largest absolute Gasteiger partial charge is 0.377 e. The van der Waals surface area contributed by atoms with Gasteiger partial charge in [0.25, 0.3) is 0 Å². The van der Waals surface area contributed by atoms with Gasteiger partial charge in [0.15, 0.2) is 0 Å². The quantitative estimate of drug-likeness (QED) is 0.660. The average Bonchev–Trinajstić information content (AvgIpc) is 2.80.